The van der Waals surface area contributed by atoms with Crippen molar-refractivity contribution in [2.24, 2.45) is 46.3 Å². The lowest BCUT2D eigenvalue weighted by Gasteiger charge is -2.58. The molecule has 0 radical (unpaired) electrons. The average Bonchev–Trinajstić information content (AvgIpc) is 3.52. The minimum absolute atomic E-state index is 0.0212. The first-order valence-electron chi connectivity index (χ1n) is 21.0. The third-order valence-electron chi connectivity index (χ3n) is 14.2. The lowest BCUT2D eigenvalue weighted by Crippen LogP contribution is -2.52. The summed E-state index contributed by atoms with van der Waals surface area (Å²) in [6.07, 6.45) is 7.85. The van der Waals surface area contributed by atoms with Crippen LogP contribution in [0.3, 0.4) is 0 Å². The predicted octanol–water partition coefficient (Wildman–Crippen LogP) is 2.56. The lowest BCUT2D eigenvalue weighted by molar-refractivity contribution is -0.149. The number of carbonyl (C=O) groups is 3. The van der Waals surface area contributed by atoms with Gasteiger partial charge in [0.05, 0.1) is 12.7 Å². The minimum atomic E-state index is -2.08. The Hall–Kier alpha value is -2.13. The molecule has 5 unspecified atom stereocenters. The Morgan fingerprint density at radius 2 is 1.62 bits per heavy atom. The van der Waals surface area contributed by atoms with Crippen molar-refractivity contribution in [3.05, 3.63) is 11.6 Å². The average molecular weight is 780 g/mol. The second-order valence-corrected chi connectivity index (χ2v) is 18.1. The van der Waals surface area contributed by atoms with Crippen molar-refractivity contribution in [1.82, 2.24) is 15.5 Å². The summed E-state index contributed by atoms with van der Waals surface area (Å²) in [4.78, 5) is 39.4. The molecule has 4 rings (SSSR count). The van der Waals surface area contributed by atoms with Crippen LogP contribution in [0, 0.1) is 46.3 Å². The van der Waals surface area contributed by atoms with E-state index in [1.165, 1.54) is 62.5 Å². The summed E-state index contributed by atoms with van der Waals surface area (Å²) < 4.78 is 11.1. The van der Waals surface area contributed by atoms with Crippen LogP contribution in [0.25, 0.3) is 0 Å². The molecular formula is C42H73N3O10. The summed E-state index contributed by atoms with van der Waals surface area (Å²) in [5.74, 6) is 2.92. The van der Waals surface area contributed by atoms with Crippen molar-refractivity contribution in [2.75, 3.05) is 53.1 Å². The fourth-order valence-electron chi connectivity index (χ4n) is 11.0. The number of carbonyl (C=O) groups excluding carboxylic acids is 3. The highest BCUT2D eigenvalue weighted by molar-refractivity contribution is 5.81. The Morgan fingerprint density at radius 1 is 0.909 bits per heavy atom. The van der Waals surface area contributed by atoms with Gasteiger partial charge in [0, 0.05) is 33.3 Å². The summed E-state index contributed by atoms with van der Waals surface area (Å²) in [7, 11) is 1.41. The maximum absolute atomic E-state index is 13.5. The predicted molar refractivity (Wildman–Crippen MR) is 208 cm³/mol. The smallest absolute Gasteiger partial charge is 0.251 e. The van der Waals surface area contributed by atoms with Gasteiger partial charge in [-0.1, -0.05) is 65.5 Å². The van der Waals surface area contributed by atoms with E-state index in [9.17, 15) is 34.8 Å². The first-order chi connectivity index (χ1) is 26.1. The van der Waals surface area contributed by atoms with Gasteiger partial charge in [0.15, 0.2) is 6.10 Å². The fourth-order valence-corrected chi connectivity index (χ4v) is 11.0. The van der Waals surface area contributed by atoms with Crippen LogP contribution in [0.4, 0.5) is 0 Å². The molecule has 12 atom stereocenters. The first-order valence-corrected chi connectivity index (χ1v) is 21.0. The van der Waals surface area contributed by atoms with E-state index in [0.29, 0.717) is 11.3 Å². The topological polar surface area (TPSA) is 198 Å². The van der Waals surface area contributed by atoms with Gasteiger partial charge < -0.3 is 50.5 Å². The van der Waals surface area contributed by atoms with Gasteiger partial charge in [0.25, 0.3) is 5.91 Å². The summed E-state index contributed by atoms with van der Waals surface area (Å²) in [5, 5.41) is 53.7. The number of nitrogens with zero attached hydrogens (tertiary/aromatic N) is 1. The van der Waals surface area contributed by atoms with Gasteiger partial charge in [-0.05, 0) is 97.7 Å². The molecule has 7 N–H and O–H groups in total. The molecule has 0 heterocycles. The highest BCUT2D eigenvalue weighted by Gasteiger charge is 2.59. The van der Waals surface area contributed by atoms with E-state index in [0.717, 1.165) is 55.3 Å². The number of ether oxygens (including phenoxy) is 2. The van der Waals surface area contributed by atoms with Crippen LogP contribution < -0.4 is 10.6 Å². The molecule has 0 aromatic rings. The molecule has 3 amide bonds. The number of aliphatic hydroxyl groups excluding tert-OH is 5. The number of allylic oxidation sites excluding steroid dienone is 1. The summed E-state index contributed by atoms with van der Waals surface area (Å²) in [6, 6.07) is 0. The molecule has 3 saturated carbocycles. The van der Waals surface area contributed by atoms with E-state index in [4.69, 9.17) is 14.6 Å². The first kappa shape index (κ1) is 45.6. The number of hydrogen-bond donors (Lipinski definition) is 7. The zero-order valence-electron chi connectivity index (χ0n) is 34.4. The Balaban J connectivity index is 1.32. The Morgan fingerprint density at radius 3 is 2.29 bits per heavy atom. The van der Waals surface area contributed by atoms with Gasteiger partial charge in [-0.25, -0.2) is 0 Å². The van der Waals surface area contributed by atoms with E-state index in [1.54, 1.807) is 0 Å². The number of nitrogens with one attached hydrogen (secondary N) is 2. The summed E-state index contributed by atoms with van der Waals surface area (Å²) >= 11 is 0. The lowest BCUT2D eigenvalue weighted by atomic mass is 9.47. The second-order valence-electron chi connectivity index (χ2n) is 18.1. The molecule has 0 spiro atoms. The number of fused-ring (bicyclic) bond motifs is 5. The fraction of sp³-hybridized carbons (Fsp3) is 0.881. The molecule has 0 aliphatic heterocycles. The zero-order chi connectivity index (χ0) is 40.5. The van der Waals surface area contributed by atoms with Crippen LogP contribution in [0.5, 0.6) is 0 Å². The van der Waals surface area contributed by atoms with Gasteiger partial charge in [-0.15, -0.1) is 0 Å². The molecule has 55 heavy (non-hydrogen) atoms. The van der Waals surface area contributed by atoms with Crippen molar-refractivity contribution in [3.63, 3.8) is 0 Å². The highest BCUT2D eigenvalue weighted by atomic mass is 16.5. The Labute approximate surface area is 329 Å². The molecule has 316 valence electrons. The van der Waals surface area contributed by atoms with E-state index in [1.807, 2.05) is 0 Å². The van der Waals surface area contributed by atoms with Crippen LogP contribution >= 0.6 is 0 Å². The summed E-state index contributed by atoms with van der Waals surface area (Å²) in [6.45, 7) is 11.3. The largest absolute Gasteiger partial charge is 0.394 e. The van der Waals surface area contributed by atoms with Crippen LogP contribution in [0.1, 0.15) is 105 Å². The molecule has 0 saturated heterocycles. The van der Waals surface area contributed by atoms with Crippen molar-refractivity contribution in [1.29, 1.82) is 0 Å². The van der Waals surface area contributed by atoms with Gasteiger partial charge in [0.1, 0.15) is 31.5 Å². The molecule has 0 aromatic heterocycles. The summed E-state index contributed by atoms with van der Waals surface area (Å²) in [5.41, 5.74) is 2.08. The standard InChI is InChI=1S/C42H73N3O10/c1-26(2)8-7-9-27(3)31-12-13-32-30-11-10-28-22-29(14-16-41(28,4)33(30)15-17-42(31,32)5)55-25-36(49)45(20-18-43-35(48)24-54-6)21-19-44-40(53)39(52)38(51)37(50)34(47)23-46/h10,26-27,29-34,37-39,46-47,50-52H,7-9,11-25H2,1-6H3,(H,43,48)(H,44,53)/t27-,29?,30+,31-,32+,33+,34?,37?,38?,39?,41+,42-/m1/s1. The molecule has 13 nitrogen and oxygen atoms in total. The van der Waals surface area contributed by atoms with Crippen LogP contribution in [-0.2, 0) is 23.9 Å². The minimum Gasteiger partial charge on any atom is -0.394 e. The van der Waals surface area contributed by atoms with Gasteiger partial charge in [0.2, 0.25) is 11.8 Å². The van der Waals surface area contributed by atoms with Crippen molar-refractivity contribution >= 4 is 17.7 Å². The van der Waals surface area contributed by atoms with Crippen molar-refractivity contribution in [3.8, 4) is 0 Å². The number of methoxy groups -OCH3 is 1. The number of hydrogen-bond acceptors (Lipinski definition) is 10. The number of rotatable bonds is 21. The van der Waals surface area contributed by atoms with E-state index in [2.05, 4.69) is 51.3 Å². The third-order valence-corrected chi connectivity index (χ3v) is 14.2. The highest BCUT2D eigenvalue weighted by Crippen LogP contribution is 2.67. The quantitative estimate of drug-likeness (QED) is 0.0851. The Bertz CT molecular complexity index is 1300. The number of aliphatic hydroxyl groups is 5. The van der Waals surface area contributed by atoms with E-state index < -0.39 is 36.9 Å². The molecule has 4 aliphatic rings. The molecule has 13 heteroatoms. The molecule has 4 aliphatic carbocycles. The molecule has 0 bridgehead atoms. The molecule has 0 aromatic carbocycles. The number of amides is 3. The Kier molecular flexibility index (Phi) is 17.0. The zero-order valence-corrected chi connectivity index (χ0v) is 34.4. The van der Waals surface area contributed by atoms with Crippen LogP contribution in [-0.4, -0.2) is 132 Å². The maximum Gasteiger partial charge on any atom is 0.251 e. The SMILES string of the molecule is COCC(=O)NCCN(CCNC(=O)C(O)C(O)C(O)C(O)CO)C(=O)COC1CC[C@@]2(C)C(=CC[C@H]3[C@@H]4CC[C@H]([C@H](C)CCCC(C)C)[C@@]4(C)CC[C@@H]32)C1. The van der Waals surface area contributed by atoms with Crippen molar-refractivity contribution in [2.45, 2.75) is 136 Å². The molecule has 3 fully saturated rings. The van der Waals surface area contributed by atoms with E-state index in [-0.39, 0.29) is 62.7 Å². The van der Waals surface area contributed by atoms with Gasteiger partial charge in [-0.3, -0.25) is 14.4 Å². The van der Waals surface area contributed by atoms with Crippen molar-refractivity contribution < 1.29 is 49.4 Å². The maximum atomic E-state index is 13.5. The molecular weight excluding hydrogens is 706 g/mol. The van der Waals surface area contributed by atoms with E-state index >= 15 is 0 Å². The van der Waals surface area contributed by atoms with Crippen LogP contribution in [0.15, 0.2) is 11.6 Å². The van der Waals surface area contributed by atoms with Gasteiger partial charge in [-0.2, -0.15) is 0 Å². The second kappa shape index (κ2) is 20.5. The third kappa shape index (κ3) is 11.1. The van der Waals surface area contributed by atoms with Gasteiger partial charge >= 0.3 is 0 Å². The normalized spacial score (nSPS) is 31.6. The monoisotopic (exact) mass is 780 g/mol. The van der Waals surface area contributed by atoms with Crippen LogP contribution in [0.2, 0.25) is 0 Å².